The SMILES string of the molecule is COc1ccc(OCC(=O)NCC(=O)N2CCC(Cc3ccccc3)CC2)cc1. The van der Waals surface area contributed by atoms with Gasteiger partial charge in [0.25, 0.3) is 5.91 Å². The van der Waals surface area contributed by atoms with Gasteiger partial charge >= 0.3 is 0 Å². The Morgan fingerprint density at radius 2 is 1.66 bits per heavy atom. The van der Waals surface area contributed by atoms with Crippen LogP contribution in [0.15, 0.2) is 54.6 Å². The number of methoxy groups -OCH3 is 1. The number of piperidine rings is 1. The summed E-state index contributed by atoms with van der Waals surface area (Å²) >= 11 is 0. The van der Waals surface area contributed by atoms with E-state index in [1.807, 2.05) is 11.0 Å². The maximum Gasteiger partial charge on any atom is 0.258 e. The van der Waals surface area contributed by atoms with E-state index in [0.717, 1.165) is 38.1 Å². The molecule has 1 aliphatic heterocycles. The minimum absolute atomic E-state index is 0.00809. The lowest BCUT2D eigenvalue weighted by atomic mass is 9.90. The second-order valence-electron chi connectivity index (χ2n) is 7.25. The van der Waals surface area contributed by atoms with E-state index < -0.39 is 0 Å². The monoisotopic (exact) mass is 396 g/mol. The molecule has 1 saturated heterocycles. The Morgan fingerprint density at radius 1 is 1.00 bits per heavy atom. The van der Waals surface area contributed by atoms with Crippen molar-refractivity contribution in [2.45, 2.75) is 19.3 Å². The lowest BCUT2D eigenvalue weighted by Crippen LogP contribution is -2.45. The Morgan fingerprint density at radius 3 is 2.31 bits per heavy atom. The van der Waals surface area contributed by atoms with Crippen LogP contribution in [0.25, 0.3) is 0 Å². The summed E-state index contributed by atoms with van der Waals surface area (Å²) in [5.74, 6) is 1.55. The van der Waals surface area contributed by atoms with Crippen molar-refractivity contribution in [1.29, 1.82) is 0 Å². The van der Waals surface area contributed by atoms with Crippen molar-refractivity contribution in [2.75, 3.05) is 33.4 Å². The van der Waals surface area contributed by atoms with Crippen LogP contribution in [0.3, 0.4) is 0 Å². The summed E-state index contributed by atoms with van der Waals surface area (Å²) in [6.45, 7) is 1.37. The van der Waals surface area contributed by atoms with Gasteiger partial charge < -0.3 is 19.7 Å². The molecule has 1 N–H and O–H groups in total. The Hall–Kier alpha value is -3.02. The first kappa shape index (κ1) is 20.7. The number of nitrogens with one attached hydrogen (secondary N) is 1. The van der Waals surface area contributed by atoms with Crippen LogP contribution in [0.1, 0.15) is 18.4 Å². The van der Waals surface area contributed by atoms with Crippen molar-refractivity contribution < 1.29 is 19.1 Å². The third-order valence-corrected chi connectivity index (χ3v) is 5.20. The molecule has 2 amide bonds. The van der Waals surface area contributed by atoms with Gasteiger partial charge in [0, 0.05) is 13.1 Å². The molecule has 0 atom stereocenters. The summed E-state index contributed by atoms with van der Waals surface area (Å²) in [7, 11) is 1.59. The zero-order chi connectivity index (χ0) is 20.5. The standard InChI is InChI=1S/C23H28N2O4/c1-28-20-7-9-21(10-8-20)29-17-22(26)24-16-23(27)25-13-11-19(12-14-25)15-18-5-3-2-4-6-18/h2-10,19H,11-17H2,1H3,(H,24,26). The highest BCUT2D eigenvalue weighted by atomic mass is 16.5. The van der Waals surface area contributed by atoms with E-state index in [0.29, 0.717) is 11.7 Å². The molecule has 0 unspecified atom stereocenters. The third-order valence-electron chi connectivity index (χ3n) is 5.20. The molecule has 6 heteroatoms. The number of rotatable bonds is 8. The van der Waals surface area contributed by atoms with E-state index >= 15 is 0 Å². The molecule has 2 aromatic carbocycles. The van der Waals surface area contributed by atoms with E-state index in [-0.39, 0.29) is 25.0 Å². The van der Waals surface area contributed by atoms with Crippen LogP contribution in [-0.2, 0) is 16.0 Å². The predicted molar refractivity (Wildman–Crippen MR) is 111 cm³/mol. The van der Waals surface area contributed by atoms with Gasteiger partial charge in [-0.3, -0.25) is 9.59 Å². The van der Waals surface area contributed by atoms with Crippen LogP contribution in [0, 0.1) is 5.92 Å². The van der Waals surface area contributed by atoms with Gasteiger partial charge in [0.2, 0.25) is 5.91 Å². The van der Waals surface area contributed by atoms with Gasteiger partial charge in [0.15, 0.2) is 6.61 Å². The molecule has 1 fully saturated rings. The van der Waals surface area contributed by atoms with Crippen LogP contribution >= 0.6 is 0 Å². The van der Waals surface area contributed by atoms with Gasteiger partial charge in [-0.25, -0.2) is 0 Å². The molecular weight excluding hydrogens is 368 g/mol. The molecule has 154 valence electrons. The molecule has 0 bridgehead atoms. The van der Waals surface area contributed by atoms with Gasteiger partial charge in [-0.05, 0) is 55.0 Å². The van der Waals surface area contributed by atoms with Gasteiger partial charge in [-0.1, -0.05) is 30.3 Å². The highest BCUT2D eigenvalue weighted by Gasteiger charge is 2.23. The Bertz CT molecular complexity index is 784. The number of carbonyl (C=O) groups excluding carboxylic acids is 2. The van der Waals surface area contributed by atoms with Crippen molar-refractivity contribution in [1.82, 2.24) is 10.2 Å². The molecule has 1 aliphatic rings. The topological polar surface area (TPSA) is 67.9 Å². The molecule has 0 aromatic heterocycles. The summed E-state index contributed by atoms with van der Waals surface area (Å²) in [6, 6.07) is 17.5. The van der Waals surface area contributed by atoms with Crippen molar-refractivity contribution in [3.05, 3.63) is 60.2 Å². The van der Waals surface area contributed by atoms with Crippen molar-refractivity contribution >= 4 is 11.8 Å². The van der Waals surface area contributed by atoms with Gasteiger partial charge in [-0.2, -0.15) is 0 Å². The fourth-order valence-corrected chi connectivity index (χ4v) is 3.49. The molecule has 0 radical (unpaired) electrons. The molecule has 6 nitrogen and oxygen atoms in total. The number of hydrogen-bond donors (Lipinski definition) is 1. The highest BCUT2D eigenvalue weighted by molar-refractivity contribution is 5.85. The number of amides is 2. The fourth-order valence-electron chi connectivity index (χ4n) is 3.49. The smallest absolute Gasteiger partial charge is 0.258 e. The maximum atomic E-state index is 12.4. The third kappa shape index (κ3) is 6.52. The average Bonchev–Trinajstić information content (AvgIpc) is 2.77. The second kappa shape index (κ2) is 10.5. The summed E-state index contributed by atoms with van der Waals surface area (Å²) in [5.41, 5.74) is 1.35. The summed E-state index contributed by atoms with van der Waals surface area (Å²) in [6.07, 6.45) is 3.05. The number of nitrogens with zero attached hydrogens (tertiary/aromatic N) is 1. The summed E-state index contributed by atoms with van der Waals surface area (Å²) in [5, 5.41) is 2.64. The fraction of sp³-hybridized carbons (Fsp3) is 0.391. The zero-order valence-corrected chi connectivity index (χ0v) is 16.8. The molecule has 1 heterocycles. The lowest BCUT2D eigenvalue weighted by molar-refractivity contribution is -0.134. The molecule has 2 aromatic rings. The van der Waals surface area contributed by atoms with E-state index in [1.54, 1.807) is 31.4 Å². The van der Waals surface area contributed by atoms with Gasteiger partial charge in [0.1, 0.15) is 11.5 Å². The van der Waals surface area contributed by atoms with Gasteiger partial charge in [-0.15, -0.1) is 0 Å². The summed E-state index contributed by atoms with van der Waals surface area (Å²) < 4.78 is 10.5. The minimum atomic E-state index is -0.312. The quantitative estimate of drug-likeness (QED) is 0.745. The number of carbonyl (C=O) groups is 2. The number of likely N-dealkylation sites (tertiary alicyclic amines) is 1. The Kier molecular flexibility index (Phi) is 7.50. The van der Waals surface area contributed by atoms with E-state index in [9.17, 15) is 9.59 Å². The normalized spacial score (nSPS) is 14.3. The van der Waals surface area contributed by atoms with Crippen LogP contribution in [0.2, 0.25) is 0 Å². The number of benzene rings is 2. The van der Waals surface area contributed by atoms with Crippen molar-refractivity contribution in [2.24, 2.45) is 5.92 Å². The molecule has 0 spiro atoms. The Balaban J connectivity index is 1.33. The highest BCUT2D eigenvalue weighted by Crippen LogP contribution is 2.21. The molecular formula is C23H28N2O4. The summed E-state index contributed by atoms with van der Waals surface area (Å²) in [4.78, 5) is 26.2. The predicted octanol–water partition coefficient (Wildman–Crippen LogP) is 2.67. The first-order valence-corrected chi connectivity index (χ1v) is 9.99. The van der Waals surface area contributed by atoms with Crippen LogP contribution in [0.4, 0.5) is 0 Å². The van der Waals surface area contributed by atoms with Gasteiger partial charge in [0.05, 0.1) is 13.7 Å². The van der Waals surface area contributed by atoms with Crippen LogP contribution in [0.5, 0.6) is 11.5 Å². The molecule has 3 rings (SSSR count). The second-order valence-corrected chi connectivity index (χ2v) is 7.25. The van der Waals surface area contributed by atoms with Crippen molar-refractivity contribution in [3.8, 4) is 11.5 Å². The first-order valence-electron chi connectivity index (χ1n) is 9.99. The van der Waals surface area contributed by atoms with E-state index in [4.69, 9.17) is 9.47 Å². The van der Waals surface area contributed by atoms with Crippen molar-refractivity contribution in [3.63, 3.8) is 0 Å². The molecule has 29 heavy (non-hydrogen) atoms. The van der Waals surface area contributed by atoms with Crippen LogP contribution < -0.4 is 14.8 Å². The number of ether oxygens (including phenoxy) is 2. The first-order chi connectivity index (χ1) is 14.1. The maximum absolute atomic E-state index is 12.4. The lowest BCUT2D eigenvalue weighted by Gasteiger charge is -2.32. The zero-order valence-electron chi connectivity index (χ0n) is 16.8. The number of hydrogen-bond acceptors (Lipinski definition) is 4. The Labute approximate surface area is 171 Å². The minimum Gasteiger partial charge on any atom is -0.497 e. The van der Waals surface area contributed by atoms with E-state index in [2.05, 4.69) is 29.6 Å². The van der Waals surface area contributed by atoms with E-state index in [1.165, 1.54) is 5.56 Å². The van der Waals surface area contributed by atoms with Crippen LogP contribution in [-0.4, -0.2) is 50.1 Å². The molecule has 0 saturated carbocycles. The largest absolute Gasteiger partial charge is 0.497 e. The average molecular weight is 396 g/mol. The molecule has 0 aliphatic carbocycles.